The number of hydrogen-bond acceptors (Lipinski definition) is 3. The summed E-state index contributed by atoms with van der Waals surface area (Å²) in [5, 5.41) is 0. The Labute approximate surface area is 103 Å². The van der Waals surface area contributed by atoms with Gasteiger partial charge in [-0.15, -0.1) is 0 Å². The third kappa shape index (κ3) is 5.83. The van der Waals surface area contributed by atoms with Crippen LogP contribution in [-0.2, 0) is 15.1 Å². The van der Waals surface area contributed by atoms with Crippen molar-refractivity contribution in [2.75, 3.05) is 0 Å². The first kappa shape index (κ1) is 16.1. The smallest absolute Gasteiger partial charge is 0.269 e. The highest BCUT2D eigenvalue weighted by molar-refractivity contribution is 7.84. The molecule has 0 heterocycles. The Morgan fingerprint density at radius 2 is 2.00 bits per heavy atom. The Hall–Kier alpha value is -0.880. The normalized spacial score (nSPS) is 13.1. The average Bonchev–Trinajstić information content (AvgIpc) is 2.22. The van der Waals surface area contributed by atoms with E-state index in [9.17, 15) is 13.2 Å². The highest BCUT2D eigenvalue weighted by atomic mass is 32.2. The molecule has 1 N–H and O–H groups in total. The van der Waals surface area contributed by atoms with Crippen molar-refractivity contribution in [2.24, 2.45) is 0 Å². The second-order valence-corrected chi connectivity index (χ2v) is 5.30. The Bertz CT molecular complexity index is 350. The Kier molecular flexibility index (Phi) is 7.06. The van der Waals surface area contributed by atoms with E-state index in [1.807, 2.05) is 0 Å². The summed E-state index contributed by atoms with van der Waals surface area (Å²) in [5.74, 6) is -0.796. The van der Waals surface area contributed by atoms with E-state index >= 15 is 0 Å². The van der Waals surface area contributed by atoms with E-state index in [-0.39, 0.29) is 0 Å². The van der Waals surface area contributed by atoms with Crippen LogP contribution in [0.5, 0.6) is 0 Å². The molecule has 0 radical (unpaired) electrons. The van der Waals surface area contributed by atoms with Gasteiger partial charge < -0.3 is 0 Å². The summed E-state index contributed by atoms with van der Waals surface area (Å²) >= 11 is 0. The predicted molar refractivity (Wildman–Crippen MR) is 66.8 cm³/mol. The summed E-state index contributed by atoms with van der Waals surface area (Å²) in [7, 11) is -4.51. The minimum absolute atomic E-state index is 0.478. The van der Waals surface area contributed by atoms with Gasteiger partial charge in [0.15, 0.2) is 0 Å². The fraction of sp³-hybridized carbons (Fsp3) is 0.727. The van der Waals surface area contributed by atoms with E-state index in [4.69, 9.17) is 4.55 Å². The van der Waals surface area contributed by atoms with Gasteiger partial charge in [-0.3, -0.25) is 9.35 Å². The second kappa shape index (κ2) is 7.45. The molecule has 0 aliphatic rings. The van der Waals surface area contributed by atoms with Gasteiger partial charge in [-0.25, -0.2) is 4.31 Å². The van der Waals surface area contributed by atoms with Crippen molar-refractivity contribution in [1.82, 2.24) is 4.31 Å². The number of carbonyl (C=O) groups is 1. The van der Waals surface area contributed by atoms with E-state index in [1.54, 1.807) is 6.92 Å². The van der Waals surface area contributed by atoms with Crippen molar-refractivity contribution < 1.29 is 17.8 Å². The summed E-state index contributed by atoms with van der Waals surface area (Å²) in [6.45, 7) is 6.90. The molecule has 0 rings (SSSR count). The molecular formula is C11H21NO4S. The number of carbonyl (C=O) groups excluding carboxylic acids is 1. The van der Waals surface area contributed by atoms with Gasteiger partial charge in [0.1, 0.15) is 0 Å². The van der Waals surface area contributed by atoms with Crippen LogP contribution in [0.1, 0.15) is 46.0 Å². The second-order valence-electron chi connectivity index (χ2n) is 4.01. The molecular weight excluding hydrogens is 242 g/mol. The molecule has 1 unspecified atom stereocenters. The summed E-state index contributed by atoms with van der Waals surface area (Å²) in [6.07, 6.45) is 5.40. The number of nitrogens with zero attached hydrogens (tertiary/aromatic N) is 1. The van der Waals surface area contributed by atoms with Crippen LogP contribution in [0, 0.1) is 0 Å². The summed E-state index contributed by atoms with van der Waals surface area (Å²) in [4.78, 5) is 11.4. The highest BCUT2D eigenvalue weighted by Crippen LogP contribution is 2.14. The largest absolute Gasteiger partial charge is 0.362 e. The maximum atomic E-state index is 11.4. The molecule has 1 amide bonds. The molecule has 0 spiro atoms. The first-order valence-electron chi connectivity index (χ1n) is 5.77. The van der Waals surface area contributed by atoms with Crippen molar-refractivity contribution in [1.29, 1.82) is 0 Å². The van der Waals surface area contributed by atoms with Gasteiger partial charge in [0.05, 0.1) is 0 Å². The minimum atomic E-state index is -4.51. The first-order chi connectivity index (χ1) is 7.84. The number of hydrogen-bond donors (Lipinski definition) is 1. The lowest BCUT2D eigenvalue weighted by atomic mass is 10.1. The van der Waals surface area contributed by atoms with Crippen LogP contribution in [0.25, 0.3) is 0 Å². The van der Waals surface area contributed by atoms with Crippen molar-refractivity contribution in [3.05, 3.63) is 12.7 Å². The molecule has 0 aromatic rings. The van der Waals surface area contributed by atoms with Crippen molar-refractivity contribution in [3.8, 4) is 0 Å². The zero-order chi connectivity index (χ0) is 13.5. The van der Waals surface area contributed by atoms with E-state index in [2.05, 4.69) is 13.5 Å². The lowest BCUT2D eigenvalue weighted by Gasteiger charge is -2.24. The van der Waals surface area contributed by atoms with E-state index in [1.165, 1.54) is 0 Å². The fourth-order valence-corrected chi connectivity index (χ4v) is 2.49. The van der Waals surface area contributed by atoms with Gasteiger partial charge in [-0.05, 0) is 19.4 Å². The van der Waals surface area contributed by atoms with Gasteiger partial charge in [0.25, 0.3) is 5.91 Å². The van der Waals surface area contributed by atoms with Crippen LogP contribution in [0.3, 0.4) is 0 Å². The van der Waals surface area contributed by atoms with E-state index in [0.717, 1.165) is 31.8 Å². The lowest BCUT2D eigenvalue weighted by molar-refractivity contribution is -0.123. The summed E-state index contributed by atoms with van der Waals surface area (Å²) in [5.41, 5.74) is 0. The molecule has 0 bridgehead atoms. The standard InChI is InChI=1S/C11H21NO4S/c1-4-6-7-8-9-10(3)12(11(13)5-2)17(14,15)16/h5,10H,2,4,6-9H2,1,3H3,(H,14,15,16). The van der Waals surface area contributed by atoms with E-state index < -0.39 is 22.3 Å². The Morgan fingerprint density at radius 3 is 2.41 bits per heavy atom. The lowest BCUT2D eigenvalue weighted by Crippen LogP contribution is -2.41. The van der Waals surface area contributed by atoms with Crippen molar-refractivity contribution in [2.45, 2.75) is 52.0 Å². The maximum absolute atomic E-state index is 11.4. The Balaban J connectivity index is 4.50. The third-order valence-corrected chi connectivity index (χ3v) is 3.55. The van der Waals surface area contributed by atoms with E-state index in [0.29, 0.717) is 10.7 Å². The first-order valence-corrected chi connectivity index (χ1v) is 7.17. The van der Waals surface area contributed by atoms with Crippen LogP contribution in [-0.4, -0.2) is 29.2 Å². The molecule has 0 fully saturated rings. The fourth-order valence-electron chi connectivity index (χ4n) is 1.63. The highest BCUT2D eigenvalue weighted by Gasteiger charge is 2.28. The summed E-state index contributed by atoms with van der Waals surface area (Å²) in [6, 6.07) is -0.549. The predicted octanol–water partition coefficient (Wildman–Crippen LogP) is 2.16. The van der Waals surface area contributed by atoms with Gasteiger partial charge in [0.2, 0.25) is 0 Å². The molecule has 0 aliphatic carbocycles. The number of rotatable bonds is 8. The van der Waals surface area contributed by atoms with Gasteiger partial charge in [-0.1, -0.05) is 39.2 Å². The zero-order valence-corrected chi connectivity index (χ0v) is 11.2. The zero-order valence-electron chi connectivity index (χ0n) is 10.4. The molecule has 6 heteroatoms. The van der Waals surface area contributed by atoms with Crippen LogP contribution in [0.4, 0.5) is 0 Å². The molecule has 100 valence electrons. The topological polar surface area (TPSA) is 74.7 Å². The molecule has 17 heavy (non-hydrogen) atoms. The molecule has 0 aliphatic heterocycles. The van der Waals surface area contributed by atoms with Crippen LogP contribution in [0.2, 0.25) is 0 Å². The third-order valence-electron chi connectivity index (χ3n) is 2.52. The molecule has 0 aromatic heterocycles. The SMILES string of the molecule is C=CC(=O)N(C(C)CCCCCC)S(=O)(=O)O. The molecule has 0 saturated carbocycles. The van der Waals surface area contributed by atoms with Crippen LogP contribution >= 0.6 is 0 Å². The average molecular weight is 263 g/mol. The van der Waals surface area contributed by atoms with Crippen molar-refractivity contribution in [3.63, 3.8) is 0 Å². The van der Waals surface area contributed by atoms with Crippen LogP contribution < -0.4 is 0 Å². The maximum Gasteiger partial charge on any atom is 0.362 e. The van der Waals surface area contributed by atoms with Gasteiger partial charge in [0, 0.05) is 6.04 Å². The molecule has 0 aromatic carbocycles. The quantitative estimate of drug-likeness (QED) is 0.414. The Morgan fingerprint density at radius 1 is 1.41 bits per heavy atom. The summed E-state index contributed by atoms with van der Waals surface area (Å²) < 4.78 is 31.6. The monoisotopic (exact) mass is 263 g/mol. The number of unbranched alkanes of at least 4 members (excludes halogenated alkanes) is 3. The molecule has 5 nitrogen and oxygen atoms in total. The van der Waals surface area contributed by atoms with Crippen LogP contribution in [0.15, 0.2) is 12.7 Å². The molecule has 1 atom stereocenters. The number of amides is 1. The molecule has 0 saturated heterocycles. The van der Waals surface area contributed by atoms with Gasteiger partial charge in [-0.2, -0.15) is 8.42 Å². The van der Waals surface area contributed by atoms with Crippen molar-refractivity contribution >= 4 is 16.2 Å². The minimum Gasteiger partial charge on any atom is -0.269 e. The van der Waals surface area contributed by atoms with Gasteiger partial charge >= 0.3 is 10.3 Å².